The highest BCUT2D eigenvalue weighted by atomic mass is 16.3. The molecule has 0 aromatic heterocycles. The van der Waals surface area contributed by atoms with E-state index in [0.29, 0.717) is 6.04 Å². The first-order valence-corrected chi connectivity index (χ1v) is 6.32. The minimum absolute atomic E-state index is 0.398. The third kappa shape index (κ3) is 2.97. The van der Waals surface area contributed by atoms with Gasteiger partial charge in [0.05, 0.1) is 0 Å². The predicted octanol–water partition coefficient (Wildman–Crippen LogP) is 0.765. The van der Waals surface area contributed by atoms with E-state index >= 15 is 0 Å². The van der Waals surface area contributed by atoms with Gasteiger partial charge in [-0.25, -0.2) is 0 Å². The fraction of sp³-hybridized carbons (Fsp3) is 0.833. The summed E-state index contributed by atoms with van der Waals surface area (Å²) in [4.78, 5) is 1.67. The first-order valence-electron chi connectivity index (χ1n) is 6.32. The van der Waals surface area contributed by atoms with Crippen molar-refractivity contribution in [2.75, 3.05) is 6.54 Å². The Bertz CT molecular complexity index is 229. The van der Waals surface area contributed by atoms with Crippen LogP contribution in [0.2, 0.25) is 0 Å². The van der Waals surface area contributed by atoms with Crippen LogP contribution in [0.1, 0.15) is 38.5 Å². The molecule has 0 bridgehead atoms. The van der Waals surface area contributed by atoms with Crippen LogP contribution in [0.25, 0.3) is 0 Å². The second-order valence-electron chi connectivity index (χ2n) is 4.74. The molecule has 2 rings (SSSR count). The molecule has 0 radical (unpaired) electrons. The predicted molar refractivity (Wildman–Crippen MR) is 62.5 cm³/mol. The molecule has 0 amide bonds. The Labute approximate surface area is 97.0 Å². The Hall–Kier alpha value is -0.580. The number of piperidine rings is 2. The summed E-state index contributed by atoms with van der Waals surface area (Å²) in [6, 6.07) is 0.398. The van der Waals surface area contributed by atoms with Gasteiger partial charge in [-0.05, 0) is 38.6 Å². The molecule has 0 spiro atoms. The van der Waals surface area contributed by atoms with Crippen molar-refractivity contribution in [2.45, 2.75) is 57.0 Å². The first-order chi connectivity index (χ1) is 7.77. The summed E-state index contributed by atoms with van der Waals surface area (Å²) in [7, 11) is 0. The minimum Gasteiger partial charge on any atom is -0.374 e. The summed E-state index contributed by atoms with van der Waals surface area (Å²) in [6.07, 6.45) is 8.93. The van der Waals surface area contributed by atoms with E-state index in [1.807, 2.05) is 6.20 Å². The van der Waals surface area contributed by atoms with Crippen molar-refractivity contribution in [3.8, 4) is 0 Å². The van der Waals surface area contributed by atoms with Gasteiger partial charge in [-0.1, -0.05) is 12.5 Å². The lowest BCUT2D eigenvalue weighted by atomic mass is 10.0. The minimum atomic E-state index is -0.524. The smallest absolute Gasteiger partial charge is 0.128 e. The third-order valence-electron chi connectivity index (χ3n) is 3.45. The lowest BCUT2D eigenvalue weighted by Crippen LogP contribution is -2.43. The van der Waals surface area contributed by atoms with Crippen molar-refractivity contribution >= 4 is 0 Å². The van der Waals surface area contributed by atoms with Gasteiger partial charge in [0.25, 0.3) is 0 Å². The van der Waals surface area contributed by atoms with Gasteiger partial charge in [-0.15, -0.1) is 0 Å². The van der Waals surface area contributed by atoms with Crippen molar-refractivity contribution in [3.63, 3.8) is 0 Å². The van der Waals surface area contributed by atoms with E-state index in [9.17, 15) is 10.2 Å². The Morgan fingerprint density at radius 1 is 1.00 bits per heavy atom. The highest BCUT2D eigenvalue weighted by molar-refractivity contribution is 4.96. The zero-order chi connectivity index (χ0) is 11.4. The summed E-state index contributed by atoms with van der Waals surface area (Å²) in [6.45, 7) is 1.07. The average Bonchev–Trinajstić information content (AvgIpc) is 2.30. The molecular formula is C12H22N2O2. The number of hydrogen-bond acceptors (Lipinski definition) is 4. The molecule has 0 saturated carbocycles. The quantitative estimate of drug-likeness (QED) is 0.651. The van der Waals surface area contributed by atoms with E-state index in [1.54, 1.807) is 4.90 Å². The number of likely N-dealkylation sites (tertiary alicyclic amines) is 1. The van der Waals surface area contributed by atoms with Crippen molar-refractivity contribution in [2.24, 2.45) is 0 Å². The van der Waals surface area contributed by atoms with Crippen LogP contribution in [0, 0.1) is 0 Å². The van der Waals surface area contributed by atoms with E-state index in [4.69, 9.17) is 0 Å². The molecule has 2 saturated heterocycles. The second-order valence-corrected chi connectivity index (χ2v) is 4.74. The first kappa shape index (κ1) is 11.9. The number of rotatable bonds is 2. The SMILES string of the molecule is OC1CCCC(O)N1/C=C/C1CCCCN1. The van der Waals surface area contributed by atoms with E-state index in [2.05, 4.69) is 11.4 Å². The van der Waals surface area contributed by atoms with Crippen LogP contribution in [0.4, 0.5) is 0 Å². The molecule has 16 heavy (non-hydrogen) atoms. The van der Waals surface area contributed by atoms with Gasteiger partial charge in [0.15, 0.2) is 0 Å². The molecule has 4 heteroatoms. The maximum Gasteiger partial charge on any atom is 0.128 e. The van der Waals surface area contributed by atoms with Crippen LogP contribution >= 0.6 is 0 Å². The van der Waals surface area contributed by atoms with Crippen molar-refractivity contribution in [1.29, 1.82) is 0 Å². The fourth-order valence-electron chi connectivity index (χ4n) is 2.42. The van der Waals surface area contributed by atoms with Crippen LogP contribution in [-0.2, 0) is 0 Å². The van der Waals surface area contributed by atoms with E-state index in [0.717, 1.165) is 32.2 Å². The Kier molecular flexibility index (Phi) is 4.21. The Morgan fingerprint density at radius 2 is 1.75 bits per heavy atom. The van der Waals surface area contributed by atoms with Crippen LogP contribution in [-0.4, -0.2) is 40.2 Å². The van der Waals surface area contributed by atoms with Crippen molar-refractivity contribution < 1.29 is 10.2 Å². The lowest BCUT2D eigenvalue weighted by molar-refractivity contribution is -0.101. The fourth-order valence-corrected chi connectivity index (χ4v) is 2.42. The maximum absolute atomic E-state index is 9.76. The topological polar surface area (TPSA) is 55.7 Å². The Balaban J connectivity index is 1.88. The number of aliphatic hydroxyl groups is 2. The van der Waals surface area contributed by atoms with Crippen LogP contribution in [0.15, 0.2) is 12.3 Å². The molecule has 4 nitrogen and oxygen atoms in total. The average molecular weight is 226 g/mol. The molecule has 3 N–H and O–H groups in total. The van der Waals surface area contributed by atoms with Gasteiger partial charge in [0, 0.05) is 12.2 Å². The van der Waals surface area contributed by atoms with Gasteiger partial charge in [0.2, 0.25) is 0 Å². The van der Waals surface area contributed by atoms with Gasteiger partial charge >= 0.3 is 0 Å². The molecule has 2 aliphatic heterocycles. The van der Waals surface area contributed by atoms with E-state index in [-0.39, 0.29) is 0 Å². The van der Waals surface area contributed by atoms with Crippen LogP contribution < -0.4 is 5.32 Å². The summed E-state index contributed by atoms with van der Waals surface area (Å²) < 4.78 is 0. The molecule has 3 atom stereocenters. The largest absolute Gasteiger partial charge is 0.374 e. The molecule has 0 aromatic rings. The number of aliphatic hydroxyl groups excluding tert-OH is 2. The third-order valence-corrected chi connectivity index (χ3v) is 3.45. The van der Waals surface area contributed by atoms with Crippen molar-refractivity contribution in [3.05, 3.63) is 12.3 Å². The van der Waals surface area contributed by atoms with E-state index in [1.165, 1.54) is 12.8 Å². The maximum atomic E-state index is 9.76. The summed E-state index contributed by atoms with van der Waals surface area (Å²) >= 11 is 0. The van der Waals surface area contributed by atoms with Crippen LogP contribution in [0.3, 0.4) is 0 Å². The molecule has 92 valence electrons. The number of nitrogens with zero attached hydrogens (tertiary/aromatic N) is 1. The van der Waals surface area contributed by atoms with Crippen molar-refractivity contribution in [1.82, 2.24) is 10.2 Å². The molecule has 3 unspecified atom stereocenters. The number of hydrogen-bond donors (Lipinski definition) is 3. The highest BCUT2D eigenvalue weighted by Gasteiger charge is 2.24. The molecule has 2 fully saturated rings. The second kappa shape index (κ2) is 5.66. The zero-order valence-corrected chi connectivity index (χ0v) is 9.68. The standard InChI is InChI=1S/C12H22N2O2/c15-11-5-3-6-12(16)14(11)9-7-10-4-1-2-8-13-10/h7,9-13,15-16H,1-6,8H2/b9-7+. The van der Waals surface area contributed by atoms with E-state index < -0.39 is 12.5 Å². The molecule has 0 aromatic carbocycles. The van der Waals surface area contributed by atoms with Gasteiger partial charge < -0.3 is 20.4 Å². The van der Waals surface area contributed by atoms with Gasteiger partial charge in [0.1, 0.15) is 12.5 Å². The molecule has 0 aliphatic carbocycles. The summed E-state index contributed by atoms with van der Waals surface area (Å²) in [5, 5.41) is 22.9. The number of nitrogens with one attached hydrogen (secondary N) is 1. The molecule has 2 heterocycles. The van der Waals surface area contributed by atoms with Crippen LogP contribution in [0.5, 0.6) is 0 Å². The highest BCUT2D eigenvalue weighted by Crippen LogP contribution is 2.20. The van der Waals surface area contributed by atoms with Gasteiger partial charge in [-0.3, -0.25) is 0 Å². The monoisotopic (exact) mass is 226 g/mol. The summed E-state index contributed by atoms with van der Waals surface area (Å²) in [5.41, 5.74) is 0. The summed E-state index contributed by atoms with van der Waals surface area (Å²) in [5.74, 6) is 0. The lowest BCUT2D eigenvalue weighted by Gasteiger charge is -2.36. The zero-order valence-electron chi connectivity index (χ0n) is 9.68. The normalized spacial score (nSPS) is 36.9. The van der Waals surface area contributed by atoms with Gasteiger partial charge in [-0.2, -0.15) is 0 Å². The Morgan fingerprint density at radius 3 is 2.38 bits per heavy atom. The molecular weight excluding hydrogens is 204 g/mol. The molecule has 2 aliphatic rings.